The van der Waals surface area contributed by atoms with E-state index in [1.807, 2.05) is 0 Å². The molecule has 0 aliphatic rings. The Hall–Kier alpha value is 0.230. The Balaban J connectivity index is 0. The van der Waals surface area contributed by atoms with Crippen LogP contribution in [0.2, 0.25) is 0 Å². The van der Waals surface area contributed by atoms with Crippen molar-refractivity contribution in [3.63, 3.8) is 0 Å². The third kappa shape index (κ3) is 11.7. The molecule has 0 unspecified atom stereocenters. The molecule has 0 amide bonds. The molecule has 0 saturated heterocycles. The van der Waals surface area contributed by atoms with Gasteiger partial charge in [0.05, 0.1) is 6.61 Å². The molecule has 5 heteroatoms. The molecule has 0 aliphatic heterocycles. The summed E-state index contributed by atoms with van der Waals surface area (Å²) >= 11 is 0. The number of hydrogen-bond donors (Lipinski definition) is 2. The van der Waals surface area contributed by atoms with E-state index < -0.39 is 6.16 Å². The third-order valence-electron chi connectivity index (χ3n) is 0.528. The summed E-state index contributed by atoms with van der Waals surface area (Å²) in [6.07, 6.45) is -0.926. The quantitative estimate of drug-likeness (QED) is 0.316. The molecule has 4 nitrogen and oxygen atoms in total. The van der Waals surface area contributed by atoms with E-state index in [0.29, 0.717) is 6.42 Å². The summed E-state index contributed by atoms with van der Waals surface area (Å²) in [4.78, 5) is 9.57. The van der Waals surface area contributed by atoms with Gasteiger partial charge in [0.1, 0.15) is 0 Å². The summed E-state index contributed by atoms with van der Waals surface area (Å²) in [5, 5.41) is 15.9. The van der Waals surface area contributed by atoms with Crippen molar-refractivity contribution in [2.75, 3.05) is 13.2 Å². The second-order valence-corrected chi connectivity index (χ2v) is 1.19. The van der Waals surface area contributed by atoms with Gasteiger partial charge in [0.25, 0.3) is 0 Å². The molecule has 0 fully saturated rings. The Morgan fingerprint density at radius 3 is 2.44 bits per heavy atom. The van der Waals surface area contributed by atoms with Crippen molar-refractivity contribution in [1.29, 1.82) is 0 Å². The van der Waals surface area contributed by atoms with Gasteiger partial charge in [-0.15, -0.1) is 0 Å². The molecule has 0 aromatic rings. The van der Waals surface area contributed by atoms with Crippen LogP contribution in [0.25, 0.3) is 0 Å². The van der Waals surface area contributed by atoms with E-state index in [1.54, 1.807) is 0 Å². The van der Waals surface area contributed by atoms with Gasteiger partial charge in [-0.3, -0.25) is 0 Å². The summed E-state index contributed by atoms with van der Waals surface area (Å²) in [7, 11) is 0. The number of carbonyl (C=O) groups is 1. The van der Waals surface area contributed by atoms with Crippen LogP contribution in [0.3, 0.4) is 0 Å². The van der Waals surface area contributed by atoms with Gasteiger partial charge in [-0.25, -0.2) is 4.79 Å². The molecule has 0 bridgehead atoms. The first-order chi connectivity index (χ1) is 3.77. The van der Waals surface area contributed by atoms with Gasteiger partial charge in [0.2, 0.25) is 0 Å². The molecule has 2 N–H and O–H groups in total. The van der Waals surface area contributed by atoms with Crippen LogP contribution in [0.15, 0.2) is 0 Å². The molecule has 0 radical (unpaired) electrons. The van der Waals surface area contributed by atoms with Crippen LogP contribution in [0.1, 0.15) is 6.42 Å². The number of ether oxygens (including phenoxy) is 1. The SMILES string of the molecule is O=C(O)OCCCO.[NaH]. The first kappa shape index (κ1) is 12.0. The van der Waals surface area contributed by atoms with Crippen molar-refractivity contribution in [1.82, 2.24) is 0 Å². The maximum atomic E-state index is 9.57. The topological polar surface area (TPSA) is 66.8 Å². The van der Waals surface area contributed by atoms with E-state index in [-0.39, 0.29) is 42.8 Å². The minimum absolute atomic E-state index is 0. The fourth-order valence-electron chi connectivity index (χ4n) is 0.224. The molecule has 0 aliphatic carbocycles. The van der Waals surface area contributed by atoms with Crippen LogP contribution in [-0.2, 0) is 4.74 Å². The first-order valence-corrected chi connectivity index (χ1v) is 2.24. The fourth-order valence-corrected chi connectivity index (χ4v) is 0.224. The van der Waals surface area contributed by atoms with Crippen molar-refractivity contribution in [3.05, 3.63) is 0 Å². The van der Waals surface area contributed by atoms with Gasteiger partial charge >= 0.3 is 35.7 Å². The van der Waals surface area contributed by atoms with E-state index in [1.165, 1.54) is 0 Å². The van der Waals surface area contributed by atoms with Crippen LogP contribution in [0, 0.1) is 0 Å². The normalized spacial score (nSPS) is 7.67. The van der Waals surface area contributed by atoms with Crippen LogP contribution in [0.4, 0.5) is 4.79 Å². The van der Waals surface area contributed by atoms with Crippen LogP contribution < -0.4 is 0 Å². The predicted molar refractivity (Wildman–Crippen MR) is 32.8 cm³/mol. The zero-order valence-electron chi connectivity index (χ0n) is 4.33. The van der Waals surface area contributed by atoms with Gasteiger partial charge in [0, 0.05) is 13.0 Å². The predicted octanol–water partition coefficient (Wildman–Crippen LogP) is -0.585. The van der Waals surface area contributed by atoms with Crippen molar-refractivity contribution in [3.8, 4) is 0 Å². The average molecular weight is 144 g/mol. The summed E-state index contributed by atoms with van der Waals surface area (Å²) in [6, 6.07) is 0. The van der Waals surface area contributed by atoms with Gasteiger partial charge in [0.15, 0.2) is 0 Å². The minimum atomic E-state index is -1.29. The molecule has 0 aromatic carbocycles. The van der Waals surface area contributed by atoms with Crippen molar-refractivity contribution in [2.45, 2.75) is 6.42 Å². The van der Waals surface area contributed by atoms with Gasteiger partial charge < -0.3 is 14.9 Å². The van der Waals surface area contributed by atoms with Gasteiger partial charge in [-0.1, -0.05) is 0 Å². The van der Waals surface area contributed by atoms with Crippen LogP contribution in [0.5, 0.6) is 0 Å². The maximum absolute atomic E-state index is 9.57. The molecular weight excluding hydrogens is 135 g/mol. The average Bonchev–Trinajstić information content (AvgIpc) is 1.66. The molecule has 0 spiro atoms. The molecule has 9 heavy (non-hydrogen) atoms. The second-order valence-electron chi connectivity index (χ2n) is 1.19. The number of aliphatic hydroxyl groups excluding tert-OH is 1. The molecule has 0 aromatic heterocycles. The monoisotopic (exact) mass is 144 g/mol. The molecular formula is C4H9NaO4. The summed E-state index contributed by atoms with van der Waals surface area (Å²) < 4.78 is 4.04. The summed E-state index contributed by atoms with van der Waals surface area (Å²) in [5.41, 5.74) is 0. The Bertz CT molecular complexity index is 75.0. The fraction of sp³-hybridized carbons (Fsp3) is 0.750. The number of aliphatic hydroxyl groups is 1. The number of rotatable bonds is 3. The van der Waals surface area contributed by atoms with E-state index in [0.717, 1.165) is 0 Å². The Kier molecular flexibility index (Phi) is 10.9. The van der Waals surface area contributed by atoms with E-state index in [4.69, 9.17) is 10.2 Å². The van der Waals surface area contributed by atoms with Crippen molar-refractivity contribution in [2.24, 2.45) is 0 Å². The van der Waals surface area contributed by atoms with Crippen molar-refractivity contribution < 1.29 is 19.7 Å². The van der Waals surface area contributed by atoms with Crippen LogP contribution >= 0.6 is 0 Å². The molecule has 0 heterocycles. The summed E-state index contributed by atoms with van der Waals surface area (Å²) in [6.45, 7) is 0.0408. The molecule has 0 saturated carbocycles. The molecule has 0 atom stereocenters. The van der Waals surface area contributed by atoms with Gasteiger partial charge in [-0.2, -0.15) is 0 Å². The van der Waals surface area contributed by atoms with E-state index in [2.05, 4.69) is 4.74 Å². The Morgan fingerprint density at radius 2 is 2.11 bits per heavy atom. The van der Waals surface area contributed by atoms with E-state index in [9.17, 15) is 4.79 Å². The second kappa shape index (κ2) is 8.23. The first-order valence-electron chi connectivity index (χ1n) is 2.24. The van der Waals surface area contributed by atoms with E-state index >= 15 is 0 Å². The zero-order valence-corrected chi connectivity index (χ0v) is 4.33. The van der Waals surface area contributed by atoms with Crippen molar-refractivity contribution >= 4 is 35.7 Å². The molecule has 0 rings (SSSR count). The standard InChI is InChI=1S/C4H8O4.Na.H/c5-2-1-3-8-4(6)7;;/h5H,1-3H2,(H,6,7);;. The Labute approximate surface area is 75.1 Å². The van der Waals surface area contributed by atoms with Gasteiger partial charge in [-0.05, 0) is 0 Å². The number of hydrogen-bond acceptors (Lipinski definition) is 3. The zero-order chi connectivity index (χ0) is 6.41. The molecule has 50 valence electrons. The third-order valence-corrected chi connectivity index (χ3v) is 0.528. The Morgan fingerprint density at radius 1 is 1.56 bits per heavy atom. The van der Waals surface area contributed by atoms with Crippen LogP contribution in [-0.4, -0.2) is 59.1 Å². The summed E-state index contributed by atoms with van der Waals surface area (Å²) in [5.74, 6) is 0. The number of carboxylic acid groups (broad SMARTS) is 1.